The van der Waals surface area contributed by atoms with Crippen LogP contribution in [0.2, 0.25) is 0 Å². The number of aryl methyl sites for hydroxylation is 1. The van der Waals surface area contributed by atoms with Crippen molar-refractivity contribution in [2.45, 2.75) is 6.92 Å². The van der Waals surface area contributed by atoms with E-state index in [1.165, 1.54) is 87.6 Å². The van der Waals surface area contributed by atoms with E-state index in [1.807, 2.05) is 0 Å². The molecule has 42 heavy (non-hydrogen) atoms. The van der Waals surface area contributed by atoms with Gasteiger partial charge in [-0.05, 0) is 85.8 Å². The van der Waals surface area contributed by atoms with Crippen LogP contribution in [-0.2, 0) is 0 Å². The van der Waals surface area contributed by atoms with Gasteiger partial charge in [-0.15, -0.1) is 0 Å². The Balaban J connectivity index is 1.29. The first-order valence-electron chi connectivity index (χ1n) is 14.6. The summed E-state index contributed by atoms with van der Waals surface area (Å²) >= 11 is 0. The van der Waals surface area contributed by atoms with Crippen LogP contribution >= 0.6 is 0 Å². The second-order valence-electron chi connectivity index (χ2n) is 11.4. The van der Waals surface area contributed by atoms with Crippen LogP contribution in [0.5, 0.6) is 0 Å². The van der Waals surface area contributed by atoms with E-state index < -0.39 is 0 Å². The van der Waals surface area contributed by atoms with E-state index in [2.05, 4.69) is 157 Å². The number of benzene rings is 8. The van der Waals surface area contributed by atoms with Gasteiger partial charge in [0.15, 0.2) is 0 Å². The quantitative estimate of drug-likeness (QED) is 0.199. The summed E-state index contributed by atoms with van der Waals surface area (Å²) in [5.41, 5.74) is 9.96. The molecule has 1 heteroatoms. The van der Waals surface area contributed by atoms with Crippen molar-refractivity contribution in [2.24, 2.45) is 0 Å². The highest BCUT2D eigenvalue weighted by Gasteiger charge is 2.16. The summed E-state index contributed by atoms with van der Waals surface area (Å²) in [5.74, 6) is 0. The SMILES string of the molecule is Cc1ccc(-c2ccc3ccc4c(-c5cccc(-n6c7ccccc7c7ccccc76)c5)ccc5ccc2c3c54)cc1. The summed E-state index contributed by atoms with van der Waals surface area (Å²) in [5, 5.41) is 10.4. The molecule has 0 radical (unpaired) electrons. The molecule has 9 aromatic rings. The molecule has 0 bridgehead atoms. The molecule has 0 unspecified atom stereocenters. The van der Waals surface area contributed by atoms with Crippen LogP contribution in [0.15, 0.2) is 146 Å². The molecule has 0 spiro atoms. The minimum atomic E-state index is 1.18. The van der Waals surface area contributed by atoms with Gasteiger partial charge in [-0.3, -0.25) is 0 Å². The van der Waals surface area contributed by atoms with Crippen LogP contribution in [0.25, 0.3) is 82.1 Å². The fourth-order valence-electron chi connectivity index (χ4n) is 7.05. The lowest BCUT2D eigenvalue weighted by Gasteiger charge is -2.17. The molecule has 0 fully saturated rings. The number of hydrogen-bond acceptors (Lipinski definition) is 0. The average Bonchev–Trinajstić information content (AvgIpc) is 3.38. The Kier molecular flexibility index (Phi) is 4.88. The number of aromatic nitrogens is 1. The number of hydrogen-bond donors (Lipinski definition) is 0. The van der Waals surface area contributed by atoms with E-state index in [1.54, 1.807) is 0 Å². The standard InChI is InChI=1S/C41H27N/c1-26-13-15-27(16-14-26)32-21-17-28-20-24-37-33(22-18-29-19-23-36(32)40(28)41(29)37)30-7-6-8-31(25-30)42-38-11-4-2-9-34(38)35-10-3-5-12-39(35)42/h2-25H,1H3. The van der Waals surface area contributed by atoms with Crippen LogP contribution in [0.4, 0.5) is 0 Å². The first kappa shape index (κ1) is 23.3. The summed E-state index contributed by atoms with van der Waals surface area (Å²) in [4.78, 5) is 0. The van der Waals surface area contributed by atoms with Crippen molar-refractivity contribution in [1.82, 2.24) is 4.57 Å². The Bertz CT molecular complexity index is 2400. The zero-order valence-electron chi connectivity index (χ0n) is 23.3. The van der Waals surface area contributed by atoms with Crippen molar-refractivity contribution in [3.63, 3.8) is 0 Å². The van der Waals surface area contributed by atoms with Gasteiger partial charge in [0.05, 0.1) is 11.0 Å². The summed E-state index contributed by atoms with van der Waals surface area (Å²) in [6.07, 6.45) is 0. The van der Waals surface area contributed by atoms with Gasteiger partial charge < -0.3 is 4.57 Å². The molecule has 1 nitrogen and oxygen atoms in total. The van der Waals surface area contributed by atoms with Crippen LogP contribution in [0, 0.1) is 6.92 Å². The first-order chi connectivity index (χ1) is 20.7. The van der Waals surface area contributed by atoms with Crippen LogP contribution in [0.1, 0.15) is 5.56 Å². The van der Waals surface area contributed by atoms with Gasteiger partial charge in [0.2, 0.25) is 0 Å². The van der Waals surface area contributed by atoms with Crippen molar-refractivity contribution in [2.75, 3.05) is 0 Å². The molecule has 0 amide bonds. The fraction of sp³-hybridized carbons (Fsp3) is 0.0244. The molecule has 0 saturated heterocycles. The third-order valence-electron chi connectivity index (χ3n) is 9.02. The molecule has 0 saturated carbocycles. The molecule has 1 aromatic heterocycles. The molecule has 196 valence electrons. The summed E-state index contributed by atoms with van der Waals surface area (Å²) in [6, 6.07) is 53.7. The van der Waals surface area contributed by atoms with Crippen LogP contribution < -0.4 is 0 Å². The topological polar surface area (TPSA) is 4.93 Å². The molecule has 0 N–H and O–H groups in total. The molecule has 0 aliphatic rings. The van der Waals surface area contributed by atoms with Gasteiger partial charge in [-0.1, -0.05) is 127 Å². The summed E-state index contributed by atoms with van der Waals surface area (Å²) in [6.45, 7) is 2.14. The Hall–Kier alpha value is -5.40. The van der Waals surface area contributed by atoms with E-state index in [-0.39, 0.29) is 0 Å². The largest absolute Gasteiger partial charge is 0.309 e. The second kappa shape index (κ2) is 8.80. The fourth-order valence-corrected chi connectivity index (χ4v) is 7.05. The number of rotatable bonds is 3. The van der Waals surface area contributed by atoms with E-state index >= 15 is 0 Å². The van der Waals surface area contributed by atoms with Crippen molar-refractivity contribution in [3.05, 3.63) is 151 Å². The highest BCUT2D eigenvalue weighted by molar-refractivity contribution is 6.27. The zero-order valence-corrected chi connectivity index (χ0v) is 23.3. The normalized spacial score (nSPS) is 11.9. The van der Waals surface area contributed by atoms with E-state index in [9.17, 15) is 0 Å². The maximum absolute atomic E-state index is 2.40. The molecule has 0 aliphatic carbocycles. The Labute approximate surface area is 244 Å². The number of nitrogens with zero attached hydrogens (tertiary/aromatic N) is 1. The molecule has 0 atom stereocenters. The van der Waals surface area contributed by atoms with Crippen molar-refractivity contribution < 1.29 is 0 Å². The van der Waals surface area contributed by atoms with Gasteiger partial charge in [0.25, 0.3) is 0 Å². The van der Waals surface area contributed by atoms with E-state index in [4.69, 9.17) is 0 Å². The molecular formula is C41H27N. The Morgan fingerprint density at radius 3 is 1.57 bits per heavy atom. The second-order valence-corrected chi connectivity index (χ2v) is 11.4. The Morgan fingerprint density at radius 2 is 0.952 bits per heavy atom. The average molecular weight is 534 g/mol. The maximum atomic E-state index is 2.40. The smallest absolute Gasteiger partial charge is 0.0541 e. The lowest BCUT2D eigenvalue weighted by atomic mass is 9.87. The van der Waals surface area contributed by atoms with E-state index in [0.717, 1.165) is 0 Å². The molecule has 0 aliphatic heterocycles. The lowest BCUT2D eigenvalue weighted by molar-refractivity contribution is 1.18. The molecule has 8 aromatic carbocycles. The van der Waals surface area contributed by atoms with Gasteiger partial charge in [0, 0.05) is 16.5 Å². The molecule has 1 heterocycles. The number of para-hydroxylation sites is 2. The van der Waals surface area contributed by atoms with Crippen molar-refractivity contribution in [1.29, 1.82) is 0 Å². The van der Waals surface area contributed by atoms with Gasteiger partial charge in [-0.25, -0.2) is 0 Å². The van der Waals surface area contributed by atoms with Crippen LogP contribution in [0.3, 0.4) is 0 Å². The first-order valence-corrected chi connectivity index (χ1v) is 14.6. The lowest BCUT2D eigenvalue weighted by Crippen LogP contribution is -1.94. The third kappa shape index (κ3) is 3.31. The van der Waals surface area contributed by atoms with Crippen molar-refractivity contribution >= 4 is 54.1 Å². The zero-order chi connectivity index (χ0) is 27.8. The summed E-state index contributed by atoms with van der Waals surface area (Å²) in [7, 11) is 0. The third-order valence-corrected chi connectivity index (χ3v) is 9.02. The van der Waals surface area contributed by atoms with Crippen molar-refractivity contribution in [3.8, 4) is 27.9 Å². The number of fused-ring (bicyclic) bond motifs is 3. The highest BCUT2D eigenvalue weighted by Crippen LogP contribution is 2.43. The van der Waals surface area contributed by atoms with E-state index in [0.29, 0.717) is 0 Å². The maximum Gasteiger partial charge on any atom is 0.0541 e. The summed E-state index contributed by atoms with van der Waals surface area (Å²) < 4.78 is 2.40. The van der Waals surface area contributed by atoms with Gasteiger partial charge >= 0.3 is 0 Å². The predicted molar refractivity (Wildman–Crippen MR) is 180 cm³/mol. The minimum Gasteiger partial charge on any atom is -0.309 e. The predicted octanol–water partition coefficient (Wildman–Crippen LogP) is 11.3. The molecule has 9 rings (SSSR count). The minimum absolute atomic E-state index is 1.18. The Morgan fingerprint density at radius 1 is 0.405 bits per heavy atom. The van der Waals surface area contributed by atoms with Crippen LogP contribution in [-0.4, -0.2) is 4.57 Å². The highest BCUT2D eigenvalue weighted by atomic mass is 15.0. The monoisotopic (exact) mass is 533 g/mol. The molecular weight excluding hydrogens is 506 g/mol. The van der Waals surface area contributed by atoms with Gasteiger partial charge in [0.1, 0.15) is 0 Å². The van der Waals surface area contributed by atoms with Gasteiger partial charge in [-0.2, -0.15) is 0 Å².